The number of carboxylic acid groups (broad SMARTS) is 1. The minimum absolute atomic E-state index is 0.223. The first-order valence-corrected chi connectivity index (χ1v) is 5.30. The van der Waals surface area contributed by atoms with Gasteiger partial charge in [-0.3, -0.25) is 9.53 Å². The van der Waals surface area contributed by atoms with Gasteiger partial charge in [0.05, 0.1) is 12.5 Å². The molecule has 1 N–H and O–H groups in total. The van der Waals surface area contributed by atoms with E-state index in [2.05, 4.69) is 4.74 Å². The predicted octanol–water partition coefficient (Wildman–Crippen LogP) is 3.09. The Morgan fingerprint density at radius 2 is 2.00 bits per heavy atom. The summed E-state index contributed by atoms with van der Waals surface area (Å²) >= 11 is 0. The van der Waals surface area contributed by atoms with E-state index in [1.807, 2.05) is 0 Å². The number of carbonyl (C=O) groups is 1. The van der Waals surface area contributed by atoms with Crippen molar-refractivity contribution in [3.05, 3.63) is 35.4 Å². The van der Waals surface area contributed by atoms with Crippen molar-refractivity contribution in [3.8, 4) is 0 Å². The van der Waals surface area contributed by atoms with Crippen LogP contribution in [-0.4, -0.2) is 24.0 Å². The molecule has 0 saturated heterocycles. The normalized spacial score (nSPS) is 13.3. The maximum absolute atomic E-state index is 11.8. The lowest BCUT2D eigenvalue weighted by atomic mass is 9.92. The van der Waals surface area contributed by atoms with Crippen molar-refractivity contribution >= 4 is 5.97 Å². The second kappa shape index (κ2) is 5.86. The summed E-state index contributed by atoms with van der Waals surface area (Å²) in [6.07, 6.45) is -4.95. The number of alkyl halides is 3. The van der Waals surface area contributed by atoms with Gasteiger partial charge in [-0.05, 0) is 24.5 Å². The van der Waals surface area contributed by atoms with E-state index >= 15 is 0 Å². The largest absolute Gasteiger partial charge is 0.522 e. The lowest BCUT2D eigenvalue weighted by Crippen LogP contribution is -2.19. The molecule has 0 fully saturated rings. The van der Waals surface area contributed by atoms with Gasteiger partial charge in [-0.2, -0.15) is 0 Å². The zero-order valence-electron chi connectivity index (χ0n) is 9.70. The molecule has 0 bridgehead atoms. The third-order valence-electron chi connectivity index (χ3n) is 2.53. The van der Waals surface area contributed by atoms with Gasteiger partial charge in [-0.1, -0.05) is 24.3 Å². The fourth-order valence-corrected chi connectivity index (χ4v) is 1.68. The molecule has 0 spiro atoms. The number of carboxylic acids is 1. The van der Waals surface area contributed by atoms with Crippen LogP contribution in [0, 0.1) is 6.92 Å². The molecule has 3 nitrogen and oxygen atoms in total. The molecular weight excluding hydrogens is 249 g/mol. The maximum Gasteiger partial charge on any atom is 0.522 e. The number of aryl methyl sites for hydroxylation is 1. The molecule has 100 valence electrons. The quantitative estimate of drug-likeness (QED) is 0.887. The second-order valence-electron chi connectivity index (χ2n) is 3.83. The number of benzene rings is 1. The standard InChI is InChI=1S/C12H13F3O3/c1-8-4-2-3-5-9(8)10(11(16)17)6-7-18-12(13,14)15/h2-5,10H,6-7H2,1H3,(H,16,17). The third-order valence-corrected chi connectivity index (χ3v) is 2.53. The van der Waals surface area contributed by atoms with Crippen LogP contribution in [0.2, 0.25) is 0 Å². The molecule has 0 aliphatic heterocycles. The number of rotatable bonds is 5. The SMILES string of the molecule is Cc1ccccc1C(CCOC(F)(F)F)C(=O)O. The van der Waals surface area contributed by atoms with E-state index in [0.717, 1.165) is 5.56 Å². The molecule has 0 amide bonds. The van der Waals surface area contributed by atoms with Crippen LogP contribution in [0.5, 0.6) is 0 Å². The molecule has 0 aliphatic carbocycles. The summed E-state index contributed by atoms with van der Waals surface area (Å²) in [4.78, 5) is 11.1. The minimum atomic E-state index is -4.73. The van der Waals surface area contributed by atoms with Crippen LogP contribution in [0.4, 0.5) is 13.2 Å². The van der Waals surface area contributed by atoms with Crippen molar-refractivity contribution in [2.75, 3.05) is 6.61 Å². The highest BCUT2D eigenvalue weighted by Crippen LogP contribution is 2.25. The molecule has 18 heavy (non-hydrogen) atoms. The fourth-order valence-electron chi connectivity index (χ4n) is 1.68. The minimum Gasteiger partial charge on any atom is -0.481 e. The van der Waals surface area contributed by atoms with Gasteiger partial charge >= 0.3 is 12.3 Å². The number of hydrogen-bond acceptors (Lipinski definition) is 2. The van der Waals surface area contributed by atoms with E-state index < -0.39 is 24.9 Å². The topological polar surface area (TPSA) is 46.5 Å². The van der Waals surface area contributed by atoms with Gasteiger partial charge in [-0.15, -0.1) is 13.2 Å². The monoisotopic (exact) mass is 262 g/mol. The Kier molecular flexibility index (Phi) is 4.72. The van der Waals surface area contributed by atoms with Crippen LogP contribution in [0.3, 0.4) is 0 Å². The van der Waals surface area contributed by atoms with E-state index in [4.69, 9.17) is 5.11 Å². The summed E-state index contributed by atoms with van der Waals surface area (Å²) in [7, 11) is 0. The lowest BCUT2D eigenvalue weighted by molar-refractivity contribution is -0.325. The van der Waals surface area contributed by atoms with Crippen LogP contribution in [0.25, 0.3) is 0 Å². The molecule has 0 radical (unpaired) electrons. The molecule has 1 atom stereocenters. The van der Waals surface area contributed by atoms with Crippen molar-refractivity contribution in [1.29, 1.82) is 0 Å². The fraction of sp³-hybridized carbons (Fsp3) is 0.417. The van der Waals surface area contributed by atoms with E-state index in [-0.39, 0.29) is 6.42 Å². The van der Waals surface area contributed by atoms with E-state index in [1.165, 1.54) is 0 Å². The Balaban J connectivity index is 2.73. The smallest absolute Gasteiger partial charge is 0.481 e. The van der Waals surface area contributed by atoms with Crippen LogP contribution in [0.15, 0.2) is 24.3 Å². The molecule has 0 aromatic heterocycles. The average Bonchev–Trinajstić information content (AvgIpc) is 2.24. The van der Waals surface area contributed by atoms with Crippen molar-refractivity contribution < 1.29 is 27.8 Å². The zero-order valence-corrected chi connectivity index (χ0v) is 9.70. The van der Waals surface area contributed by atoms with Gasteiger partial charge in [-0.25, -0.2) is 0 Å². The van der Waals surface area contributed by atoms with Gasteiger partial charge in [0.1, 0.15) is 0 Å². The lowest BCUT2D eigenvalue weighted by Gasteiger charge is -2.15. The van der Waals surface area contributed by atoms with Gasteiger partial charge in [0.2, 0.25) is 0 Å². The Morgan fingerprint density at radius 1 is 1.39 bits per heavy atom. The molecule has 0 saturated carbocycles. The molecule has 0 heterocycles. The third kappa shape index (κ3) is 4.37. The summed E-state index contributed by atoms with van der Waals surface area (Å²) in [5, 5.41) is 9.04. The van der Waals surface area contributed by atoms with E-state index in [0.29, 0.717) is 5.56 Å². The zero-order chi connectivity index (χ0) is 13.8. The first-order chi connectivity index (χ1) is 8.31. The van der Waals surface area contributed by atoms with Crippen LogP contribution in [0.1, 0.15) is 23.5 Å². The molecule has 1 aromatic carbocycles. The summed E-state index contributed by atoms with van der Waals surface area (Å²) in [6, 6.07) is 6.71. The highest BCUT2D eigenvalue weighted by Gasteiger charge is 2.30. The average molecular weight is 262 g/mol. The van der Waals surface area contributed by atoms with E-state index in [9.17, 15) is 18.0 Å². The Morgan fingerprint density at radius 3 is 2.50 bits per heavy atom. The highest BCUT2D eigenvalue weighted by atomic mass is 19.4. The molecule has 1 aromatic rings. The highest BCUT2D eigenvalue weighted by molar-refractivity contribution is 5.76. The first kappa shape index (κ1) is 14.5. The number of aliphatic carboxylic acids is 1. The van der Waals surface area contributed by atoms with Crippen molar-refractivity contribution in [2.24, 2.45) is 0 Å². The van der Waals surface area contributed by atoms with Gasteiger partial charge in [0.25, 0.3) is 0 Å². The summed E-state index contributed by atoms with van der Waals surface area (Å²) in [5.74, 6) is -2.15. The molecule has 6 heteroatoms. The molecule has 1 rings (SSSR count). The van der Waals surface area contributed by atoms with Gasteiger partial charge in [0, 0.05) is 0 Å². The number of halogens is 3. The predicted molar refractivity (Wildman–Crippen MR) is 58.2 cm³/mol. The number of ether oxygens (including phenoxy) is 1. The summed E-state index contributed by atoms with van der Waals surface area (Å²) < 4.78 is 39.1. The van der Waals surface area contributed by atoms with Crippen LogP contribution < -0.4 is 0 Å². The van der Waals surface area contributed by atoms with Gasteiger partial charge < -0.3 is 5.11 Å². The van der Waals surface area contributed by atoms with Crippen molar-refractivity contribution in [1.82, 2.24) is 0 Å². The Labute approximate surface area is 102 Å². The van der Waals surface area contributed by atoms with Crippen molar-refractivity contribution in [3.63, 3.8) is 0 Å². The summed E-state index contributed by atoms with van der Waals surface area (Å²) in [5.41, 5.74) is 1.24. The summed E-state index contributed by atoms with van der Waals surface area (Å²) in [6.45, 7) is 1.05. The first-order valence-electron chi connectivity index (χ1n) is 5.30. The van der Waals surface area contributed by atoms with Gasteiger partial charge in [0.15, 0.2) is 0 Å². The van der Waals surface area contributed by atoms with Crippen molar-refractivity contribution in [2.45, 2.75) is 25.6 Å². The second-order valence-corrected chi connectivity index (χ2v) is 3.83. The molecule has 0 aliphatic rings. The Bertz CT molecular complexity index is 415. The van der Waals surface area contributed by atoms with Crippen LogP contribution in [-0.2, 0) is 9.53 Å². The number of hydrogen-bond donors (Lipinski definition) is 1. The van der Waals surface area contributed by atoms with Crippen LogP contribution >= 0.6 is 0 Å². The van der Waals surface area contributed by atoms with E-state index in [1.54, 1.807) is 31.2 Å². The Hall–Kier alpha value is -1.56. The molecular formula is C12H13F3O3. The maximum atomic E-state index is 11.8. The molecule has 1 unspecified atom stereocenters.